The van der Waals surface area contributed by atoms with Gasteiger partial charge in [-0.15, -0.1) is 0 Å². The Kier molecular flexibility index (Phi) is 3.73. The third kappa shape index (κ3) is 2.63. The predicted octanol–water partition coefficient (Wildman–Crippen LogP) is 2.67. The molecule has 108 valence electrons. The van der Waals surface area contributed by atoms with Crippen LogP contribution >= 0.6 is 0 Å². The summed E-state index contributed by atoms with van der Waals surface area (Å²) in [6.07, 6.45) is 2.52. The Balaban J connectivity index is 2.34. The van der Waals surface area contributed by atoms with E-state index in [-0.39, 0.29) is 5.75 Å². The zero-order chi connectivity index (χ0) is 15.0. The summed E-state index contributed by atoms with van der Waals surface area (Å²) in [6, 6.07) is 7.51. The molecule has 4 nitrogen and oxygen atoms in total. The lowest BCUT2D eigenvalue weighted by molar-refractivity contribution is 0.112. The number of fused-ring (bicyclic) bond motifs is 1. The molecule has 0 N–H and O–H groups in total. The minimum absolute atomic E-state index is 0.0630. The lowest BCUT2D eigenvalue weighted by Crippen LogP contribution is -2.31. The Bertz CT molecular complexity index is 736. The third-order valence-corrected chi connectivity index (χ3v) is 6.07. The largest absolute Gasteiger partial charge is 0.346 e. The molecule has 1 heterocycles. The van der Waals surface area contributed by atoms with Gasteiger partial charge in [-0.25, -0.2) is 8.42 Å². The highest BCUT2D eigenvalue weighted by molar-refractivity contribution is 7.92. The molecule has 1 aromatic carbocycles. The monoisotopic (exact) mass is 293 g/mol. The average Bonchev–Trinajstić information content (AvgIpc) is 2.73. The molecule has 5 heteroatoms. The lowest BCUT2D eigenvalue weighted by atomic mass is 10.2. The van der Waals surface area contributed by atoms with E-state index in [2.05, 4.69) is 0 Å². The Morgan fingerprint density at radius 1 is 1.20 bits per heavy atom. The molecule has 0 amide bonds. The normalized spacial score (nSPS) is 12.8. The number of para-hydroxylation sites is 1. The maximum atomic E-state index is 12.2. The number of hydrogen-bond acceptors (Lipinski definition) is 3. The zero-order valence-electron chi connectivity index (χ0n) is 12.0. The Morgan fingerprint density at radius 3 is 2.45 bits per heavy atom. The molecule has 0 bridgehead atoms. The van der Waals surface area contributed by atoms with Crippen LogP contribution in [0.15, 0.2) is 30.5 Å². The van der Waals surface area contributed by atoms with Gasteiger partial charge in [0.2, 0.25) is 0 Å². The smallest absolute Gasteiger partial charge is 0.156 e. The topological polar surface area (TPSA) is 56.1 Å². The summed E-state index contributed by atoms with van der Waals surface area (Å²) in [4.78, 5) is 11.1. The van der Waals surface area contributed by atoms with Gasteiger partial charge in [0.25, 0.3) is 0 Å². The van der Waals surface area contributed by atoms with Gasteiger partial charge in [0, 0.05) is 29.2 Å². The molecule has 2 aromatic rings. The predicted molar refractivity (Wildman–Crippen MR) is 80.9 cm³/mol. The molecule has 0 spiro atoms. The van der Waals surface area contributed by atoms with Crippen LogP contribution in [0.25, 0.3) is 10.9 Å². The van der Waals surface area contributed by atoms with E-state index >= 15 is 0 Å². The van der Waals surface area contributed by atoms with Crippen molar-refractivity contribution in [2.24, 2.45) is 0 Å². The molecule has 0 fully saturated rings. The molecule has 2 rings (SSSR count). The van der Waals surface area contributed by atoms with E-state index in [9.17, 15) is 13.2 Å². The summed E-state index contributed by atoms with van der Waals surface area (Å²) in [5.74, 6) is 0.0630. The number of rotatable bonds is 4. The Labute approximate surface area is 119 Å². The second-order valence-corrected chi connectivity index (χ2v) is 8.71. The molecule has 0 atom stereocenters. The van der Waals surface area contributed by atoms with Crippen molar-refractivity contribution in [3.63, 3.8) is 0 Å². The van der Waals surface area contributed by atoms with E-state index in [4.69, 9.17) is 0 Å². The fourth-order valence-corrected chi connectivity index (χ4v) is 3.13. The number of hydrogen-bond donors (Lipinski definition) is 0. The Hall–Kier alpha value is -1.62. The molecular formula is C15H19NO3S. The SMILES string of the molecule is CC(C)(C)S(=O)(=O)CCn1cc(C=O)c2ccccc21. The maximum absolute atomic E-state index is 12.2. The minimum atomic E-state index is -3.17. The summed E-state index contributed by atoms with van der Waals surface area (Å²) in [6.45, 7) is 5.46. The van der Waals surface area contributed by atoms with Crippen LogP contribution in [0, 0.1) is 0 Å². The van der Waals surface area contributed by atoms with E-state index in [0.717, 1.165) is 17.2 Å². The first-order chi connectivity index (χ1) is 9.26. The van der Waals surface area contributed by atoms with Crippen LogP contribution in [-0.2, 0) is 16.4 Å². The first-order valence-corrected chi connectivity index (χ1v) is 8.17. The van der Waals surface area contributed by atoms with Gasteiger partial charge in [-0.3, -0.25) is 4.79 Å². The van der Waals surface area contributed by atoms with Crippen LogP contribution in [0.4, 0.5) is 0 Å². The van der Waals surface area contributed by atoms with Crippen LogP contribution in [0.2, 0.25) is 0 Å². The highest BCUT2D eigenvalue weighted by Gasteiger charge is 2.28. The van der Waals surface area contributed by atoms with Gasteiger partial charge in [-0.2, -0.15) is 0 Å². The molecule has 0 radical (unpaired) electrons. The standard InChI is InChI=1S/C15H19NO3S/c1-15(2,3)20(18,19)9-8-16-10-12(11-17)13-6-4-5-7-14(13)16/h4-7,10-11H,8-9H2,1-3H3. The van der Waals surface area contributed by atoms with Gasteiger partial charge < -0.3 is 4.57 Å². The second-order valence-electron chi connectivity index (χ2n) is 5.84. The van der Waals surface area contributed by atoms with Gasteiger partial charge >= 0.3 is 0 Å². The fraction of sp³-hybridized carbons (Fsp3) is 0.400. The van der Waals surface area contributed by atoms with Crippen LogP contribution in [0.5, 0.6) is 0 Å². The van der Waals surface area contributed by atoms with Crippen molar-refractivity contribution >= 4 is 27.0 Å². The van der Waals surface area contributed by atoms with Crippen molar-refractivity contribution in [2.75, 3.05) is 5.75 Å². The molecule has 0 aliphatic heterocycles. The minimum Gasteiger partial charge on any atom is -0.346 e. The van der Waals surface area contributed by atoms with Gasteiger partial charge in [0.05, 0.1) is 10.5 Å². The Morgan fingerprint density at radius 2 is 1.85 bits per heavy atom. The molecule has 0 saturated heterocycles. The van der Waals surface area contributed by atoms with Crippen molar-refractivity contribution in [2.45, 2.75) is 32.1 Å². The van der Waals surface area contributed by atoms with E-state index in [0.29, 0.717) is 12.1 Å². The van der Waals surface area contributed by atoms with E-state index < -0.39 is 14.6 Å². The fourth-order valence-electron chi connectivity index (χ4n) is 2.08. The van der Waals surface area contributed by atoms with Crippen LogP contribution in [0.1, 0.15) is 31.1 Å². The summed E-state index contributed by atoms with van der Waals surface area (Å²) in [5, 5.41) is 0.857. The highest BCUT2D eigenvalue weighted by atomic mass is 32.2. The number of benzene rings is 1. The molecule has 0 saturated carbocycles. The number of nitrogens with zero attached hydrogens (tertiary/aromatic N) is 1. The van der Waals surface area contributed by atoms with E-state index in [1.165, 1.54) is 0 Å². The van der Waals surface area contributed by atoms with Crippen molar-refractivity contribution in [3.05, 3.63) is 36.0 Å². The van der Waals surface area contributed by atoms with Gasteiger partial charge in [0.15, 0.2) is 16.1 Å². The summed E-state index contributed by atoms with van der Waals surface area (Å²) < 4.78 is 25.4. The quantitative estimate of drug-likeness (QED) is 0.814. The first-order valence-electron chi connectivity index (χ1n) is 6.51. The number of aryl methyl sites for hydroxylation is 1. The van der Waals surface area contributed by atoms with Crippen LogP contribution in [0.3, 0.4) is 0 Å². The molecule has 0 aliphatic carbocycles. The van der Waals surface area contributed by atoms with Crippen LogP contribution in [-0.4, -0.2) is 29.8 Å². The van der Waals surface area contributed by atoms with Gasteiger partial charge in [0.1, 0.15) is 0 Å². The third-order valence-electron chi connectivity index (χ3n) is 3.48. The molecular weight excluding hydrogens is 274 g/mol. The summed E-state index contributed by atoms with van der Waals surface area (Å²) in [5.41, 5.74) is 1.48. The number of carbonyl (C=O) groups excluding carboxylic acids is 1. The lowest BCUT2D eigenvalue weighted by Gasteiger charge is -2.19. The van der Waals surface area contributed by atoms with Crippen molar-refractivity contribution in [1.29, 1.82) is 0 Å². The molecule has 0 unspecified atom stereocenters. The number of aromatic nitrogens is 1. The highest BCUT2D eigenvalue weighted by Crippen LogP contribution is 2.21. The zero-order valence-corrected chi connectivity index (χ0v) is 12.8. The maximum Gasteiger partial charge on any atom is 0.156 e. The summed E-state index contributed by atoms with van der Waals surface area (Å²) >= 11 is 0. The first kappa shape index (κ1) is 14.8. The van der Waals surface area contributed by atoms with Crippen LogP contribution < -0.4 is 0 Å². The second kappa shape index (κ2) is 5.05. The molecule has 20 heavy (non-hydrogen) atoms. The number of carbonyl (C=O) groups is 1. The van der Waals surface area contributed by atoms with E-state index in [1.807, 2.05) is 28.8 Å². The number of sulfone groups is 1. The summed E-state index contributed by atoms with van der Waals surface area (Å²) in [7, 11) is -3.17. The van der Waals surface area contributed by atoms with E-state index in [1.54, 1.807) is 27.0 Å². The molecule has 0 aliphatic rings. The van der Waals surface area contributed by atoms with Crippen molar-refractivity contribution in [1.82, 2.24) is 4.57 Å². The van der Waals surface area contributed by atoms with Crippen molar-refractivity contribution < 1.29 is 13.2 Å². The average molecular weight is 293 g/mol. The number of aldehydes is 1. The van der Waals surface area contributed by atoms with Gasteiger partial charge in [-0.05, 0) is 26.8 Å². The van der Waals surface area contributed by atoms with Crippen molar-refractivity contribution in [3.8, 4) is 0 Å². The van der Waals surface area contributed by atoms with Gasteiger partial charge in [-0.1, -0.05) is 18.2 Å². The molecule has 1 aromatic heterocycles.